The van der Waals surface area contributed by atoms with Crippen LogP contribution in [0.2, 0.25) is 0 Å². The van der Waals surface area contributed by atoms with Crippen molar-refractivity contribution in [3.63, 3.8) is 0 Å². The van der Waals surface area contributed by atoms with E-state index < -0.39 is 0 Å². The Morgan fingerprint density at radius 2 is 1.21 bits per heavy atom. The highest BCUT2D eigenvalue weighted by Crippen LogP contribution is 2.11. The van der Waals surface area contributed by atoms with Gasteiger partial charge in [-0.2, -0.15) is 0 Å². The van der Waals surface area contributed by atoms with Crippen molar-refractivity contribution >= 4 is 10.8 Å². The Bertz CT molecular complexity index is 301. The maximum absolute atomic E-state index is 7.82. The topological polar surface area (TPSA) is 20.2 Å². The molecule has 1 N–H and O–H groups in total. The molecular formula is C13H15O. The fraction of sp³-hybridized carbons (Fsp3) is 0.154. The van der Waals surface area contributed by atoms with Crippen LogP contribution in [0.5, 0.6) is 0 Å². The van der Waals surface area contributed by atoms with Gasteiger partial charge >= 0.3 is 0 Å². The van der Waals surface area contributed by atoms with Gasteiger partial charge in [-0.05, 0) is 17.2 Å². The lowest BCUT2D eigenvalue weighted by Crippen LogP contribution is -1.71. The van der Waals surface area contributed by atoms with Crippen molar-refractivity contribution in [2.24, 2.45) is 0 Å². The summed E-state index contributed by atoms with van der Waals surface area (Å²) in [5.74, 6) is 0. The molecule has 1 heteroatoms. The Balaban J connectivity index is 0.000000213. The summed E-state index contributed by atoms with van der Waals surface area (Å²) in [6, 6.07) is 16.7. The summed E-state index contributed by atoms with van der Waals surface area (Å²) < 4.78 is 0. The normalized spacial score (nSPS) is 9.29. The predicted molar refractivity (Wildman–Crippen MR) is 61.0 cm³/mol. The first-order valence-corrected chi connectivity index (χ1v) is 4.71. The van der Waals surface area contributed by atoms with Crippen molar-refractivity contribution < 1.29 is 5.11 Å². The van der Waals surface area contributed by atoms with E-state index in [9.17, 15) is 0 Å². The van der Waals surface area contributed by atoms with E-state index in [1.165, 1.54) is 10.8 Å². The number of benzene rings is 2. The van der Waals surface area contributed by atoms with Crippen LogP contribution in [0.15, 0.2) is 48.5 Å². The van der Waals surface area contributed by atoms with Crippen LogP contribution in [-0.4, -0.2) is 11.7 Å². The zero-order valence-corrected chi connectivity index (χ0v) is 8.35. The molecule has 0 amide bonds. The summed E-state index contributed by atoms with van der Waals surface area (Å²) in [5, 5.41) is 10.4. The van der Waals surface area contributed by atoms with E-state index in [1.807, 2.05) is 0 Å². The molecule has 2 rings (SSSR count). The summed E-state index contributed by atoms with van der Waals surface area (Å²) in [4.78, 5) is 0. The van der Waals surface area contributed by atoms with E-state index >= 15 is 0 Å². The number of hydrogen-bond acceptors (Lipinski definition) is 1. The number of aliphatic hydroxyl groups is 1. The number of aliphatic hydroxyl groups excluding tert-OH is 1. The van der Waals surface area contributed by atoms with Crippen molar-refractivity contribution in [2.75, 3.05) is 6.61 Å². The van der Waals surface area contributed by atoms with Crippen molar-refractivity contribution in [3.05, 3.63) is 55.0 Å². The third kappa shape index (κ3) is 3.19. The monoisotopic (exact) mass is 187 g/mol. The van der Waals surface area contributed by atoms with Crippen LogP contribution in [0.4, 0.5) is 0 Å². The molecule has 14 heavy (non-hydrogen) atoms. The van der Waals surface area contributed by atoms with E-state index in [-0.39, 0.29) is 6.61 Å². The lowest BCUT2D eigenvalue weighted by Gasteiger charge is -1.92. The number of hydrogen-bond donors (Lipinski definition) is 1. The molecule has 1 radical (unpaired) electrons. The largest absolute Gasteiger partial charge is 0.396 e. The SMILES string of the molecule is C[CH]CO.c1ccc2ccccc2c1. The van der Waals surface area contributed by atoms with Crippen molar-refractivity contribution in [1.29, 1.82) is 0 Å². The molecule has 0 spiro atoms. The predicted octanol–water partition coefficient (Wildman–Crippen LogP) is 3.04. The summed E-state index contributed by atoms with van der Waals surface area (Å²) in [6.45, 7) is 2.00. The molecule has 0 fully saturated rings. The molecule has 0 aliphatic rings. The second-order valence-corrected chi connectivity index (χ2v) is 2.94. The van der Waals surface area contributed by atoms with E-state index in [0.717, 1.165) is 0 Å². The van der Waals surface area contributed by atoms with Crippen LogP contribution in [0.25, 0.3) is 10.8 Å². The lowest BCUT2D eigenvalue weighted by molar-refractivity contribution is 0.328. The highest BCUT2D eigenvalue weighted by atomic mass is 16.2. The Hall–Kier alpha value is -1.34. The molecule has 0 unspecified atom stereocenters. The van der Waals surface area contributed by atoms with Gasteiger partial charge in [-0.25, -0.2) is 0 Å². The van der Waals surface area contributed by atoms with Gasteiger partial charge in [-0.1, -0.05) is 55.5 Å². The van der Waals surface area contributed by atoms with Crippen LogP contribution in [0.3, 0.4) is 0 Å². The highest BCUT2D eigenvalue weighted by molar-refractivity contribution is 5.81. The molecule has 2 aromatic rings. The molecule has 0 bridgehead atoms. The van der Waals surface area contributed by atoms with E-state index in [1.54, 1.807) is 13.3 Å². The standard InChI is InChI=1S/C10H8.C3H7O/c1-2-6-10-8-4-3-7-9(10)5-1;1-2-3-4/h1-8H;2,4H,3H2,1H3. The van der Waals surface area contributed by atoms with Gasteiger partial charge in [0, 0.05) is 6.61 Å². The summed E-state index contributed by atoms with van der Waals surface area (Å²) in [5.41, 5.74) is 0. The maximum atomic E-state index is 7.82. The molecule has 2 aromatic carbocycles. The summed E-state index contributed by atoms with van der Waals surface area (Å²) in [6.07, 6.45) is 1.68. The highest BCUT2D eigenvalue weighted by Gasteiger charge is 1.85. The van der Waals surface area contributed by atoms with Gasteiger partial charge in [0.1, 0.15) is 0 Å². The van der Waals surface area contributed by atoms with Gasteiger partial charge in [0.15, 0.2) is 0 Å². The minimum Gasteiger partial charge on any atom is -0.396 e. The van der Waals surface area contributed by atoms with Crippen LogP contribution in [0.1, 0.15) is 6.92 Å². The van der Waals surface area contributed by atoms with Gasteiger partial charge < -0.3 is 5.11 Å². The molecule has 1 nitrogen and oxygen atoms in total. The number of fused-ring (bicyclic) bond motifs is 1. The molecular weight excluding hydrogens is 172 g/mol. The Labute approximate surface area is 85.0 Å². The van der Waals surface area contributed by atoms with Gasteiger partial charge in [0.05, 0.1) is 0 Å². The first-order valence-electron chi connectivity index (χ1n) is 4.71. The fourth-order valence-corrected chi connectivity index (χ4v) is 1.13. The van der Waals surface area contributed by atoms with Crippen molar-refractivity contribution in [3.8, 4) is 0 Å². The van der Waals surface area contributed by atoms with Crippen molar-refractivity contribution in [2.45, 2.75) is 6.92 Å². The van der Waals surface area contributed by atoms with Crippen molar-refractivity contribution in [1.82, 2.24) is 0 Å². The zero-order chi connectivity index (χ0) is 10.2. The molecule has 0 saturated heterocycles. The molecule has 0 aromatic heterocycles. The van der Waals surface area contributed by atoms with Crippen LogP contribution >= 0.6 is 0 Å². The average Bonchev–Trinajstić information content (AvgIpc) is 2.30. The third-order valence-corrected chi connectivity index (χ3v) is 1.84. The van der Waals surface area contributed by atoms with Crippen LogP contribution in [-0.2, 0) is 0 Å². The van der Waals surface area contributed by atoms with E-state index in [2.05, 4.69) is 48.5 Å². The minimum absolute atomic E-state index is 0.194. The molecule has 0 aliphatic carbocycles. The Kier molecular flexibility index (Phi) is 4.73. The maximum Gasteiger partial charge on any atom is 0.0460 e. The first kappa shape index (κ1) is 10.7. The second-order valence-electron chi connectivity index (χ2n) is 2.94. The Morgan fingerprint density at radius 1 is 0.929 bits per heavy atom. The van der Waals surface area contributed by atoms with Crippen LogP contribution in [0, 0.1) is 6.42 Å². The van der Waals surface area contributed by atoms with Gasteiger partial charge in [0.2, 0.25) is 0 Å². The third-order valence-electron chi connectivity index (χ3n) is 1.84. The lowest BCUT2D eigenvalue weighted by atomic mass is 10.1. The first-order chi connectivity index (χ1) is 6.88. The Morgan fingerprint density at radius 3 is 1.43 bits per heavy atom. The molecule has 0 heterocycles. The van der Waals surface area contributed by atoms with Crippen LogP contribution < -0.4 is 0 Å². The van der Waals surface area contributed by atoms with Gasteiger partial charge in [0.25, 0.3) is 0 Å². The number of rotatable bonds is 1. The summed E-state index contributed by atoms with van der Waals surface area (Å²) >= 11 is 0. The zero-order valence-electron chi connectivity index (χ0n) is 8.35. The fourth-order valence-electron chi connectivity index (χ4n) is 1.13. The molecule has 73 valence electrons. The van der Waals surface area contributed by atoms with Gasteiger partial charge in [-0.3, -0.25) is 0 Å². The average molecular weight is 187 g/mol. The van der Waals surface area contributed by atoms with E-state index in [4.69, 9.17) is 5.11 Å². The van der Waals surface area contributed by atoms with E-state index in [0.29, 0.717) is 0 Å². The second kappa shape index (κ2) is 6.17. The smallest absolute Gasteiger partial charge is 0.0460 e. The van der Waals surface area contributed by atoms with Gasteiger partial charge in [-0.15, -0.1) is 0 Å². The molecule has 0 saturated carbocycles. The summed E-state index contributed by atoms with van der Waals surface area (Å²) in [7, 11) is 0. The quantitative estimate of drug-likeness (QED) is 0.727. The molecule has 0 atom stereocenters. The molecule has 0 aliphatic heterocycles. The minimum atomic E-state index is 0.194.